The maximum atomic E-state index is 9.66. The molecule has 0 amide bonds. The summed E-state index contributed by atoms with van der Waals surface area (Å²) < 4.78 is 10.5. The van der Waals surface area contributed by atoms with Gasteiger partial charge >= 0.3 is 0 Å². The third kappa shape index (κ3) is 2.54. The quantitative estimate of drug-likeness (QED) is 0.634. The first-order chi connectivity index (χ1) is 6.70. The van der Waals surface area contributed by atoms with Crippen LogP contribution in [0.15, 0.2) is 12.2 Å². The lowest BCUT2D eigenvalue weighted by molar-refractivity contribution is -0.119. The molecule has 2 N–H and O–H groups in total. The van der Waals surface area contributed by atoms with Crippen LogP contribution in [0.4, 0.5) is 0 Å². The summed E-state index contributed by atoms with van der Waals surface area (Å²) in [6, 6.07) is 0. The first-order valence-corrected chi connectivity index (χ1v) is 4.98. The van der Waals surface area contributed by atoms with Crippen LogP contribution in [0, 0.1) is 0 Å². The second kappa shape index (κ2) is 5.46. The molecule has 82 valence electrons. The highest BCUT2D eigenvalue weighted by Gasteiger charge is 2.34. The Morgan fingerprint density at radius 2 is 1.29 bits per heavy atom. The van der Waals surface area contributed by atoms with E-state index in [-0.39, 0.29) is 0 Å². The second-order valence-corrected chi connectivity index (χ2v) is 3.21. The van der Waals surface area contributed by atoms with Crippen molar-refractivity contribution in [2.24, 2.45) is 0 Å². The average Bonchev–Trinajstić information content (AvgIpc) is 2.18. The Balaban J connectivity index is 2.59. The molecule has 0 aromatic rings. The summed E-state index contributed by atoms with van der Waals surface area (Å²) in [6.07, 6.45) is 0.814. The van der Waals surface area contributed by atoms with Crippen LogP contribution in [-0.2, 0) is 9.47 Å². The van der Waals surface area contributed by atoms with Crippen LogP contribution in [0.25, 0.3) is 0 Å². The SMILES string of the molecule is CCO[C@@H]1C=C[C@@H](OCC)[C@H](O)[C@H]1O. The topological polar surface area (TPSA) is 58.9 Å². The van der Waals surface area contributed by atoms with Gasteiger partial charge in [-0.2, -0.15) is 0 Å². The van der Waals surface area contributed by atoms with Gasteiger partial charge in [0.15, 0.2) is 0 Å². The third-order valence-corrected chi connectivity index (χ3v) is 2.23. The van der Waals surface area contributed by atoms with Gasteiger partial charge in [-0.05, 0) is 13.8 Å². The van der Waals surface area contributed by atoms with Crippen LogP contribution >= 0.6 is 0 Å². The number of aliphatic hydroxyl groups is 2. The molecule has 0 saturated heterocycles. The number of ether oxygens (including phenoxy) is 2. The fourth-order valence-electron chi connectivity index (χ4n) is 1.53. The molecule has 0 unspecified atom stereocenters. The van der Waals surface area contributed by atoms with Gasteiger partial charge < -0.3 is 19.7 Å². The van der Waals surface area contributed by atoms with Gasteiger partial charge in [-0.3, -0.25) is 0 Å². The van der Waals surface area contributed by atoms with Crippen molar-refractivity contribution >= 4 is 0 Å². The molecular formula is C10H18O4. The first kappa shape index (κ1) is 11.7. The van der Waals surface area contributed by atoms with Gasteiger partial charge in [-0.1, -0.05) is 12.2 Å². The molecule has 4 heteroatoms. The lowest BCUT2D eigenvalue weighted by Crippen LogP contribution is -2.48. The van der Waals surface area contributed by atoms with Gasteiger partial charge in [0.05, 0.1) is 0 Å². The molecule has 4 nitrogen and oxygen atoms in total. The summed E-state index contributed by atoms with van der Waals surface area (Å²) in [5.41, 5.74) is 0. The molecule has 1 aliphatic carbocycles. The van der Waals surface area contributed by atoms with Gasteiger partial charge in [-0.15, -0.1) is 0 Å². The monoisotopic (exact) mass is 202 g/mol. The molecule has 0 spiro atoms. The molecule has 0 aromatic carbocycles. The Morgan fingerprint density at radius 1 is 0.929 bits per heavy atom. The number of aliphatic hydroxyl groups excluding tert-OH is 2. The highest BCUT2D eigenvalue weighted by Crippen LogP contribution is 2.18. The number of rotatable bonds is 4. The molecule has 0 heterocycles. The Kier molecular flexibility index (Phi) is 4.54. The summed E-state index contributed by atoms with van der Waals surface area (Å²) in [5.74, 6) is 0. The zero-order valence-electron chi connectivity index (χ0n) is 8.59. The van der Waals surface area contributed by atoms with E-state index >= 15 is 0 Å². The summed E-state index contributed by atoms with van der Waals surface area (Å²) in [6.45, 7) is 4.72. The van der Waals surface area contributed by atoms with Crippen LogP contribution < -0.4 is 0 Å². The lowest BCUT2D eigenvalue weighted by Gasteiger charge is -2.32. The highest BCUT2D eigenvalue weighted by molar-refractivity contribution is 5.09. The average molecular weight is 202 g/mol. The van der Waals surface area contributed by atoms with Crippen LogP contribution in [0.3, 0.4) is 0 Å². The van der Waals surface area contributed by atoms with Crippen LogP contribution in [0.5, 0.6) is 0 Å². The van der Waals surface area contributed by atoms with Crippen molar-refractivity contribution in [3.8, 4) is 0 Å². The molecule has 0 radical (unpaired) electrons. The van der Waals surface area contributed by atoms with Crippen molar-refractivity contribution in [3.63, 3.8) is 0 Å². The van der Waals surface area contributed by atoms with Gasteiger partial charge in [0.1, 0.15) is 24.4 Å². The second-order valence-electron chi connectivity index (χ2n) is 3.21. The van der Waals surface area contributed by atoms with Crippen LogP contribution in [0.1, 0.15) is 13.8 Å². The van der Waals surface area contributed by atoms with E-state index in [9.17, 15) is 10.2 Å². The lowest BCUT2D eigenvalue weighted by atomic mass is 9.96. The predicted octanol–water partition coefficient (Wildman–Crippen LogP) is 0.0882. The van der Waals surface area contributed by atoms with Crippen LogP contribution in [0.2, 0.25) is 0 Å². The zero-order chi connectivity index (χ0) is 10.6. The van der Waals surface area contributed by atoms with Crippen molar-refractivity contribution in [3.05, 3.63) is 12.2 Å². The molecule has 1 rings (SSSR count). The number of hydrogen-bond donors (Lipinski definition) is 2. The summed E-state index contributed by atoms with van der Waals surface area (Å²) in [7, 11) is 0. The van der Waals surface area contributed by atoms with E-state index < -0.39 is 24.4 Å². The van der Waals surface area contributed by atoms with Gasteiger partial charge in [0.25, 0.3) is 0 Å². The summed E-state index contributed by atoms with van der Waals surface area (Å²) in [5, 5.41) is 19.3. The minimum Gasteiger partial charge on any atom is -0.387 e. The maximum Gasteiger partial charge on any atom is 0.112 e. The number of hydrogen-bond acceptors (Lipinski definition) is 4. The van der Waals surface area contributed by atoms with E-state index in [1.807, 2.05) is 13.8 Å². The minimum absolute atomic E-state index is 0.424. The third-order valence-electron chi connectivity index (χ3n) is 2.23. The van der Waals surface area contributed by atoms with Gasteiger partial charge in [0.2, 0.25) is 0 Å². The fourth-order valence-corrected chi connectivity index (χ4v) is 1.53. The van der Waals surface area contributed by atoms with Crippen molar-refractivity contribution in [1.82, 2.24) is 0 Å². The zero-order valence-corrected chi connectivity index (χ0v) is 8.59. The molecule has 4 atom stereocenters. The Hall–Kier alpha value is -0.420. The molecular weight excluding hydrogens is 184 g/mol. The summed E-state index contributed by atoms with van der Waals surface area (Å²) >= 11 is 0. The molecule has 0 fully saturated rings. The fraction of sp³-hybridized carbons (Fsp3) is 0.800. The standard InChI is InChI=1S/C10H18O4/c1-3-13-7-5-6-8(14-4-2)10(12)9(7)11/h5-12H,3-4H2,1-2H3/t7-,8-,9+,10+/m1/s1. The van der Waals surface area contributed by atoms with E-state index in [2.05, 4.69) is 0 Å². The Labute approximate surface area is 84.1 Å². The largest absolute Gasteiger partial charge is 0.387 e. The molecule has 1 aliphatic rings. The van der Waals surface area contributed by atoms with E-state index in [0.717, 1.165) is 0 Å². The maximum absolute atomic E-state index is 9.66. The van der Waals surface area contributed by atoms with Gasteiger partial charge in [0, 0.05) is 13.2 Å². The van der Waals surface area contributed by atoms with E-state index in [1.54, 1.807) is 12.2 Å². The molecule has 14 heavy (non-hydrogen) atoms. The molecule has 0 saturated carbocycles. The Morgan fingerprint density at radius 3 is 1.57 bits per heavy atom. The minimum atomic E-state index is -0.906. The molecule has 0 bridgehead atoms. The van der Waals surface area contributed by atoms with Gasteiger partial charge in [-0.25, -0.2) is 0 Å². The van der Waals surface area contributed by atoms with Crippen molar-refractivity contribution < 1.29 is 19.7 Å². The normalized spacial score (nSPS) is 37.4. The highest BCUT2D eigenvalue weighted by atomic mass is 16.5. The summed E-state index contributed by atoms with van der Waals surface area (Å²) in [4.78, 5) is 0. The van der Waals surface area contributed by atoms with Crippen molar-refractivity contribution in [2.45, 2.75) is 38.3 Å². The Bertz CT molecular complexity index is 173. The first-order valence-electron chi connectivity index (χ1n) is 4.98. The molecule has 0 aromatic heterocycles. The van der Waals surface area contributed by atoms with E-state index in [1.165, 1.54) is 0 Å². The van der Waals surface area contributed by atoms with E-state index in [0.29, 0.717) is 13.2 Å². The van der Waals surface area contributed by atoms with Crippen molar-refractivity contribution in [2.75, 3.05) is 13.2 Å². The predicted molar refractivity (Wildman–Crippen MR) is 52.0 cm³/mol. The van der Waals surface area contributed by atoms with Crippen molar-refractivity contribution in [1.29, 1.82) is 0 Å². The van der Waals surface area contributed by atoms with Crippen LogP contribution in [-0.4, -0.2) is 47.8 Å². The molecule has 0 aliphatic heterocycles. The van der Waals surface area contributed by atoms with E-state index in [4.69, 9.17) is 9.47 Å². The smallest absolute Gasteiger partial charge is 0.112 e.